The van der Waals surface area contributed by atoms with E-state index >= 15 is 0 Å². The van der Waals surface area contributed by atoms with E-state index in [9.17, 15) is 4.79 Å². The fraction of sp³-hybridized carbons (Fsp3) is 0.500. The lowest BCUT2D eigenvalue weighted by Crippen LogP contribution is -2.48. The number of carbonyl (C=O) groups excluding carboxylic acids is 1. The molecule has 2 aliphatic rings. The Kier molecular flexibility index (Phi) is 5.06. The SMILES string of the molecule is COc1cccc(C(=O)N2CCCC3(CCc4cnc(N(C)C)nc43)C2)c1OC. The molecule has 1 aromatic carbocycles. The highest BCUT2D eigenvalue weighted by Crippen LogP contribution is 2.45. The molecule has 2 heterocycles. The maximum atomic E-state index is 13.4. The Hall–Kier alpha value is -2.83. The van der Waals surface area contributed by atoms with E-state index in [-0.39, 0.29) is 11.3 Å². The van der Waals surface area contributed by atoms with Gasteiger partial charge in [0.2, 0.25) is 5.95 Å². The highest BCUT2D eigenvalue weighted by atomic mass is 16.5. The molecule has 1 saturated heterocycles. The van der Waals surface area contributed by atoms with Crippen molar-refractivity contribution >= 4 is 11.9 Å². The monoisotopic (exact) mass is 396 g/mol. The summed E-state index contributed by atoms with van der Waals surface area (Å²) in [4.78, 5) is 26.7. The van der Waals surface area contributed by atoms with Crippen LogP contribution in [0.1, 0.15) is 40.9 Å². The fourth-order valence-corrected chi connectivity index (χ4v) is 4.68. The number of ether oxygens (including phenoxy) is 2. The van der Waals surface area contributed by atoms with Gasteiger partial charge in [-0.15, -0.1) is 0 Å². The summed E-state index contributed by atoms with van der Waals surface area (Å²) in [6.07, 6.45) is 5.93. The number of methoxy groups -OCH3 is 2. The minimum Gasteiger partial charge on any atom is -0.493 e. The molecule has 1 aromatic heterocycles. The van der Waals surface area contributed by atoms with E-state index in [4.69, 9.17) is 14.5 Å². The number of anilines is 1. The van der Waals surface area contributed by atoms with E-state index in [2.05, 4.69) is 4.98 Å². The largest absolute Gasteiger partial charge is 0.493 e. The Morgan fingerprint density at radius 3 is 2.76 bits per heavy atom. The number of nitrogens with zero attached hydrogens (tertiary/aromatic N) is 4. The Labute approximate surface area is 171 Å². The molecule has 4 rings (SSSR count). The van der Waals surface area contributed by atoms with Crippen molar-refractivity contribution in [3.63, 3.8) is 0 Å². The highest BCUT2D eigenvalue weighted by Gasteiger charge is 2.45. The minimum atomic E-state index is -0.0942. The third-order valence-electron chi connectivity index (χ3n) is 6.12. The van der Waals surface area contributed by atoms with Crippen molar-refractivity contribution in [1.82, 2.24) is 14.9 Å². The van der Waals surface area contributed by atoms with Crippen molar-refractivity contribution in [2.24, 2.45) is 0 Å². The quantitative estimate of drug-likeness (QED) is 0.792. The van der Waals surface area contributed by atoms with Gasteiger partial charge in [-0.1, -0.05) is 6.07 Å². The van der Waals surface area contributed by atoms with E-state index in [0.29, 0.717) is 23.6 Å². The van der Waals surface area contributed by atoms with E-state index in [1.165, 1.54) is 5.56 Å². The normalized spacial score (nSPS) is 20.5. The Bertz CT molecular complexity index is 926. The zero-order valence-corrected chi connectivity index (χ0v) is 17.6. The van der Waals surface area contributed by atoms with Gasteiger partial charge in [0.15, 0.2) is 11.5 Å². The van der Waals surface area contributed by atoms with Crippen LogP contribution < -0.4 is 14.4 Å². The lowest BCUT2D eigenvalue weighted by molar-refractivity contribution is 0.0629. The van der Waals surface area contributed by atoms with Gasteiger partial charge in [0.05, 0.1) is 25.5 Å². The molecule has 1 aliphatic carbocycles. The van der Waals surface area contributed by atoms with Crippen molar-refractivity contribution in [3.05, 3.63) is 41.2 Å². The summed E-state index contributed by atoms with van der Waals surface area (Å²) < 4.78 is 10.9. The van der Waals surface area contributed by atoms with Gasteiger partial charge in [-0.05, 0) is 43.4 Å². The number of fused-ring (bicyclic) bond motifs is 2. The lowest BCUT2D eigenvalue weighted by atomic mass is 9.77. The molecule has 0 radical (unpaired) electrons. The minimum absolute atomic E-state index is 0.0184. The molecule has 1 unspecified atom stereocenters. The Balaban J connectivity index is 1.66. The third kappa shape index (κ3) is 3.28. The van der Waals surface area contributed by atoms with E-state index in [0.717, 1.165) is 43.9 Å². The number of hydrogen-bond acceptors (Lipinski definition) is 6. The van der Waals surface area contributed by atoms with Crippen LogP contribution in [0.4, 0.5) is 5.95 Å². The smallest absolute Gasteiger partial charge is 0.257 e. The summed E-state index contributed by atoms with van der Waals surface area (Å²) in [6.45, 7) is 1.41. The van der Waals surface area contributed by atoms with Gasteiger partial charge in [0.25, 0.3) is 5.91 Å². The summed E-state index contributed by atoms with van der Waals surface area (Å²) in [5.41, 5.74) is 2.78. The standard InChI is InChI=1S/C22H28N4O3/c1-25(2)21-23-13-15-9-11-22(19(15)24-21)10-6-12-26(14-22)20(27)16-7-5-8-17(28-3)18(16)29-4/h5,7-8,13H,6,9-12,14H2,1-4H3. The molecule has 1 atom stereocenters. The first-order valence-corrected chi connectivity index (χ1v) is 10.0. The molecule has 1 aliphatic heterocycles. The molecule has 1 fully saturated rings. The number of hydrogen-bond donors (Lipinski definition) is 0. The van der Waals surface area contributed by atoms with Crippen molar-refractivity contribution < 1.29 is 14.3 Å². The van der Waals surface area contributed by atoms with Crippen LogP contribution in [-0.4, -0.2) is 62.2 Å². The Morgan fingerprint density at radius 1 is 1.21 bits per heavy atom. The maximum absolute atomic E-state index is 13.4. The van der Waals surface area contributed by atoms with Gasteiger partial charge >= 0.3 is 0 Å². The summed E-state index contributed by atoms with van der Waals surface area (Å²) >= 11 is 0. The number of aryl methyl sites for hydroxylation is 1. The Morgan fingerprint density at radius 2 is 2.03 bits per heavy atom. The summed E-state index contributed by atoms with van der Waals surface area (Å²) in [7, 11) is 7.06. The molecule has 0 N–H and O–H groups in total. The van der Waals surface area contributed by atoms with Crippen LogP contribution in [0.5, 0.6) is 11.5 Å². The summed E-state index contributed by atoms with van der Waals surface area (Å²) in [6, 6.07) is 5.44. The zero-order valence-electron chi connectivity index (χ0n) is 17.6. The molecular formula is C22H28N4O3. The molecule has 7 nitrogen and oxygen atoms in total. The van der Waals surface area contributed by atoms with E-state index in [1.807, 2.05) is 36.2 Å². The van der Waals surface area contributed by atoms with Gasteiger partial charge in [0.1, 0.15) is 0 Å². The molecule has 29 heavy (non-hydrogen) atoms. The van der Waals surface area contributed by atoms with Gasteiger partial charge in [-0.25, -0.2) is 9.97 Å². The lowest BCUT2D eigenvalue weighted by Gasteiger charge is -2.40. The van der Waals surface area contributed by atoms with Crippen molar-refractivity contribution in [2.75, 3.05) is 46.3 Å². The maximum Gasteiger partial charge on any atom is 0.257 e. The topological polar surface area (TPSA) is 67.8 Å². The summed E-state index contributed by atoms with van der Waals surface area (Å²) in [5, 5.41) is 0. The van der Waals surface area contributed by atoms with Gasteiger partial charge in [-0.3, -0.25) is 4.79 Å². The van der Waals surface area contributed by atoms with Crippen LogP contribution in [0.25, 0.3) is 0 Å². The average Bonchev–Trinajstić information content (AvgIpc) is 3.09. The van der Waals surface area contributed by atoms with Crippen molar-refractivity contribution in [2.45, 2.75) is 31.1 Å². The molecule has 0 bridgehead atoms. The van der Waals surface area contributed by atoms with Gasteiger partial charge < -0.3 is 19.3 Å². The number of carbonyl (C=O) groups is 1. The molecule has 154 valence electrons. The number of para-hydroxylation sites is 1. The number of piperidine rings is 1. The number of likely N-dealkylation sites (tertiary alicyclic amines) is 1. The molecule has 0 saturated carbocycles. The molecule has 7 heteroatoms. The molecular weight excluding hydrogens is 368 g/mol. The first-order valence-electron chi connectivity index (χ1n) is 10.0. The molecule has 1 amide bonds. The third-order valence-corrected chi connectivity index (χ3v) is 6.12. The van der Waals surface area contributed by atoms with E-state index < -0.39 is 0 Å². The first-order chi connectivity index (χ1) is 14.0. The summed E-state index contributed by atoms with van der Waals surface area (Å²) in [5.74, 6) is 1.77. The fourth-order valence-electron chi connectivity index (χ4n) is 4.68. The molecule has 1 spiro atoms. The van der Waals surface area contributed by atoms with Crippen LogP contribution in [0.3, 0.4) is 0 Å². The number of aromatic nitrogens is 2. The predicted molar refractivity (Wildman–Crippen MR) is 111 cm³/mol. The predicted octanol–water partition coefficient (Wildman–Crippen LogP) is 2.68. The number of benzene rings is 1. The van der Waals surface area contributed by atoms with Crippen LogP contribution in [-0.2, 0) is 11.8 Å². The van der Waals surface area contributed by atoms with Crippen LogP contribution >= 0.6 is 0 Å². The second kappa shape index (κ2) is 7.54. The van der Waals surface area contributed by atoms with Gasteiger partial charge in [-0.2, -0.15) is 0 Å². The van der Waals surface area contributed by atoms with Gasteiger partial charge in [0, 0.05) is 38.8 Å². The second-order valence-electron chi connectivity index (χ2n) is 8.09. The number of rotatable bonds is 4. The van der Waals surface area contributed by atoms with Crippen molar-refractivity contribution in [3.8, 4) is 11.5 Å². The molecule has 2 aromatic rings. The zero-order chi connectivity index (χ0) is 20.6. The average molecular weight is 396 g/mol. The first kappa shape index (κ1) is 19.5. The second-order valence-corrected chi connectivity index (χ2v) is 8.09. The number of amides is 1. The van der Waals surface area contributed by atoms with Crippen LogP contribution in [0.15, 0.2) is 24.4 Å². The van der Waals surface area contributed by atoms with Crippen LogP contribution in [0, 0.1) is 0 Å². The van der Waals surface area contributed by atoms with Crippen molar-refractivity contribution in [1.29, 1.82) is 0 Å². The highest BCUT2D eigenvalue weighted by molar-refractivity contribution is 5.98. The van der Waals surface area contributed by atoms with Crippen LogP contribution in [0.2, 0.25) is 0 Å². The van der Waals surface area contributed by atoms with E-state index in [1.54, 1.807) is 26.4 Å².